The molecule has 0 spiro atoms. The standard InChI is InChI=1S/C31H41NO5SSi/c1-31(2,3)39(4,5)37-23-29(35-21-25-15-9-6-10-16-25)28(24-38(34)27-19-13-8-14-20-27)32-30(33)36-22-26-17-11-7-12-18-26/h6-20,28-29H,21-24H2,1-5H3,(H,32,33)/t28-,29+,38?/m1/s1. The van der Waals surface area contributed by atoms with E-state index in [4.69, 9.17) is 13.9 Å². The molecule has 3 aromatic carbocycles. The smallest absolute Gasteiger partial charge is 0.407 e. The highest BCUT2D eigenvalue weighted by atomic mass is 32.2. The van der Waals surface area contributed by atoms with Crippen molar-refractivity contribution >= 4 is 25.2 Å². The van der Waals surface area contributed by atoms with Crippen LogP contribution in [0.15, 0.2) is 95.9 Å². The maximum Gasteiger partial charge on any atom is 0.407 e. The molecule has 210 valence electrons. The van der Waals surface area contributed by atoms with E-state index in [1.807, 2.05) is 91.0 Å². The molecule has 1 amide bonds. The number of hydrogen-bond donors (Lipinski definition) is 1. The highest BCUT2D eigenvalue weighted by Gasteiger charge is 2.39. The van der Waals surface area contributed by atoms with Gasteiger partial charge in [-0.1, -0.05) is 99.6 Å². The number of alkyl carbamates (subject to hydrolysis) is 1. The van der Waals surface area contributed by atoms with Crippen molar-refractivity contribution in [1.82, 2.24) is 5.32 Å². The predicted octanol–water partition coefficient (Wildman–Crippen LogP) is 6.70. The molecule has 1 unspecified atom stereocenters. The summed E-state index contributed by atoms with van der Waals surface area (Å²) in [5.74, 6) is 0.158. The van der Waals surface area contributed by atoms with E-state index in [0.717, 1.165) is 11.1 Å². The quantitative estimate of drug-likeness (QED) is 0.233. The number of benzene rings is 3. The highest BCUT2D eigenvalue weighted by molar-refractivity contribution is 7.85. The summed E-state index contributed by atoms with van der Waals surface area (Å²) < 4.78 is 31.8. The van der Waals surface area contributed by atoms with Gasteiger partial charge in [-0.2, -0.15) is 0 Å². The van der Waals surface area contributed by atoms with Gasteiger partial charge < -0.3 is 19.2 Å². The molecule has 0 aliphatic rings. The zero-order valence-corrected chi connectivity index (χ0v) is 25.4. The second-order valence-corrected chi connectivity index (χ2v) is 17.3. The monoisotopic (exact) mass is 567 g/mol. The van der Waals surface area contributed by atoms with Crippen LogP contribution in [0.25, 0.3) is 0 Å². The molecular formula is C31H41NO5SSi. The molecule has 8 heteroatoms. The van der Waals surface area contributed by atoms with Crippen molar-refractivity contribution < 1.29 is 22.9 Å². The van der Waals surface area contributed by atoms with Gasteiger partial charge in [-0.25, -0.2) is 4.79 Å². The number of carbonyl (C=O) groups is 1. The van der Waals surface area contributed by atoms with Gasteiger partial charge in [0, 0.05) is 4.90 Å². The Morgan fingerprint density at radius 2 is 1.36 bits per heavy atom. The largest absolute Gasteiger partial charge is 0.445 e. The Morgan fingerprint density at radius 1 is 0.846 bits per heavy atom. The van der Waals surface area contributed by atoms with Crippen molar-refractivity contribution in [3.63, 3.8) is 0 Å². The highest BCUT2D eigenvalue weighted by Crippen LogP contribution is 2.36. The van der Waals surface area contributed by atoms with Crippen molar-refractivity contribution in [2.45, 2.75) is 69.2 Å². The molecule has 3 rings (SSSR count). The van der Waals surface area contributed by atoms with E-state index in [2.05, 4.69) is 39.2 Å². The van der Waals surface area contributed by atoms with Crippen LogP contribution in [0.3, 0.4) is 0 Å². The molecule has 0 heterocycles. The Hall–Kier alpha value is -2.78. The molecule has 3 aromatic rings. The average Bonchev–Trinajstić information content (AvgIpc) is 2.92. The molecule has 0 aromatic heterocycles. The minimum Gasteiger partial charge on any atom is -0.445 e. The van der Waals surface area contributed by atoms with E-state index in [1.54, 1.807) is 0 Å². The van der Waals surface area contributed by atoms with Crippen molar-refractivity contribution in [1.29, 1.82) is 0 Å². The van der Waals surface area contributed by atoms with Gasteiger partial charge >= 0.3 is 6.09 Å². The Balaban J connectivity index is 1.82. The van der Waals surface area contributed by atoms with Crippen molar-refractivity contribution in [2.75, 3.05) is 12.4 Å². The van der Waals surface area contributed by atoms with Gasteiger partial charge in [0.25, 0.3) is 0 Å². The summed E-state index contributed by atoms with van der Waals surface area (Å²) in [5, 5.41) is 2.96. The lowest BCUT2D eigenvalue weighted by Gasteiger charge is -2.38. The summed E-state index contributed by atoms with van der Waals surface area (Å²) in [4.78, 5) is 13.7. The fourth-order valence-corrected chi connectivity index (χ4v) is 5.85. The molecule has 0 saturated carbocycles. The molecule has 0 fully saturated rings. The Bertz CT molecular complexity index is 1170. The summed E-state index contributed by atoms with van der Waals surface area (Å²) >= 11 is 0. The lowest BCUT2D eigenvalue weighted by molar-refractivity contribution is -0.0123. The maximum absolute atomic E-state index is 13.4. The van der Waals surface area contributed by atoms with Crippen LogP contribution < -0.4 is 5.32 Å². The average molecular weight is 568 g/mol. The summed E-state index contributed by atoms with van der Waals surface area (Å²) in [6.07, 6.45) is -1.13. The minimum atomic E-state index is -2.12. The molecular weight excluding hydrogens is 526 g/mol. The zero-order chi connectivity index (χ0) is 28.3. The summed E-state index contributed by atoms with van der Waals surface area (Å²) in [6.45, 7) is 11.6. The van der Waals surface area contributed by atoms with Crippen molar-refractivity contribution in [2.24, 2.45) is 0 Å². The van der Waals surface area contributed by atoms with Crippen LogP contribution in [-0.4, -0.2) is 43.1 Å². The van der Waals surface area contributed by atoms with E-state index in [-0.39, 0.29) is 24.0 Å². The van der Waals surface area contributed by atoms with E-state index in [1.165, 1.54) is 0 Å². The fraction of sp³-hybridized carbons (Fsp3) is 0.387. The number of ether oxygens (including phenoxy) is 2. The maximum atomic E-state index is 13.4. The number of carbonyl (C=O) groups excluding carboxylic acids is 1. The topological polar surface area (TPSA) is 73.9 Å². The summed E-state index contributed by atoms with van der Waals surface area (Å²) in [6, 6.07) is 28.0. The molecule has 39 heavy (non-hydrogen) atoms. The molecule has 1 N–H and O–H groups in total. The first-order chi connectivity index (χ1) is 18.5. The minimum absolute atomic E-state index is 0.00137. The second kappa shape index (κ2) is 14.6. The van der Waals surface area contributed by atoms with Gasteiger partial charge in [-0.15, -0.1) is 0 Å². The number of nitrogens with one attached hydrogen (secondary N) is 1. The van der Waals surface area contributed by atoms with E-state index in [0.29, 0.717) is 11.5 Å². The third-order valence-electron chi connectivity index (χ3n) is 7.02. The first kappa shape index (κ1) is 30.8. The fourth-order valence-electron chi connectivity index (χ4n) is 3.55. The van der Waals surface area contributed by atoms with Gasteiger partial charge in [0.2, 0.25) is 0 Å². The lowest BCUT2D eigenvalue weighted by Crippen LogP contribution is -2.52. The lowest BCUT2D eigenvalue weighted by atomic mass is 10.2. The van der Waals surface area contributed by atoms with Gasteiger partial charge in [0.15, 0.2) is 8.32 Å². The molecule has 0 aliphatic carbocycles. The van der Waals surface area contributed by atoms with Crippen molar-refractivity contribution in [3.05, 3.63) is 102 Å². The van der Waals surface area contributed by atoms with Crippen LogP contribution in [-0.2, 0) is 37.9 Å². The second-order valence-electron chi connectivity index (χ2n) is 11.0. The summed E-state index contributed by atoms with van der Waals surface area (Å²) in [5.41, 5.74) is 1.89. The number of amides is 1. The third-order valence-corrected chi connectivity index (χ3v) is 13.0. The number of hydrogen-bond acceptors (Lipinski definition) is 5. The van der Waals surface area contributed by atoms with Crippen LogP contribution in [0, 0.1) is 0 Å². The summed E-state index contributed by atoms with van der Waals surface area (Å²) in [7, 11) is -3.50. The molecule has 0 aliphatic heterocycles. The van der Waals surface area contributed by atoms with Crippen LogP contribution in [0.2, 0.25) is 18.1 Å². The van der Waals surface area contributed by atoms with Gasteiger partial charge in [0.05, 0.1) is 35.8 Å². The van der Waals surface area contributed by atoms with Crippen molar-refractivity contribution in [3.8, 4) is 0 Å². The molecule has 6 nitrogen and oxygen atoms in total. The molecule has 0 saturated heterocycles. The van der Waals surface area contributed by atoms with Crippen LogP contribution in [0.1, 0.15) is 31.9 Å². The Kier molecular flexibility index (Phi) is 11.5. The zero-order valence-electron chi connectivity index (χ0n) is 23.6. The van der Waals surface area contributed by atoms with Crippen LogP contribution >= 0.6 is 0 Å². The Labute approximate surface area is 236 Å². The molecule has 0 bridgehead atoms. The van der Waals surface area contributed by atoms with E-state index in [9.17, 15) is 9.00 Å². The van der Waals surface area contributed by atoms with Gasteiger partial charge in [-0.05, 0) is 41.4 Å². The Morgan fingerprint density at radius 3 is 1.90 bits per heavy atom. The SMILES string of the molecule is CC(C)(C)[Si](C)(C)OC[C@H](OCc1ccccc1)[C@@H](CS(=O)c1ccccc1)NC(=O)OCc1ccccc1. The van der Waals surface area contributed by atoms with Crippen LogP contribution in [0.5, 0.6) is 0 Å². The molecule has 3 atom stereocenters. The normalized spacial score (nSPS) is 14.3. The van der Waals surface area contributed by atoms with Gasteiger partial charge in [-0.3, -0.25) is 4.21 Å². The van der Waals surface area contributed by atoms with Gasteiger partial charge in [0.1, 0.15) is 12.7 Å². The first-order valence-electron chi connectivity index (χ1n) is 13.3. The van der Waals surface area contributed by atoms with Crippen LogP contribution in [0.4, 0.5) is 4.79 Å². The predicted molar refractivity (Wildman–Crippen MR) is 159 cm³/mol. The van der Waals surface area contributed by atoms with E-state index < -0.39 is 37.4 Å². The van der Waals surface area contributed by atoms with E-state index >= 15 is 0 Å². The first-order valence-corrected chi connectivity index (χ1v) is 17.5. The molecule has 0 radical (unpaired) electrons. The number of rotatable bonds is 13. The third kappa shape index (κ3) is 10.0.